The number of thiazole rings is 1. The van der Waals surface area contributed by atoms with Crippen molar-refractivity contribution in [2.75, 3.05) is 6.54 Å². The number of fused-ring (bicyclic) bond motifs is 1. The standard InChI is InChI=1S/C26H25N5O6S/c1-26(2,3)37-20(32)9-28-23(34)21-22(33)17-11-30(24(35)18-13-38-14-29-18)12-19(17)31(25(21)36)10-16-7-5-4-6-15(16)8-27/h4-7,13-14,33H,9-12H2,1-3H3,(H,28,34). The molecule has 0 spiro atoms. The van der Waals surface area contributed by atoms with Gasteiger partial charge in [-0.25, -0.2) is 4.98 Å². The Hall–Kier alpha value is -4.50. The highest BCUT2D eigenvalue weighted by atomic mass is 32.1. The second-order valence-electron chi connectivity index (χ2n) is 9.61. The molecule has 0 aliphatic carbocycles. The summed E-state index contributed by atoms with van der Waals surface area (Å²) in [7, 11) is 0. The number of amides is 2. The molecule has 11 nitrogen and oxygen atoms in total. The quantitative estimate of drug-likeness (QED) is 0.455. The molecule has 0 atom stereocenters. The van der Waals surface area contributed by atoms with Crippen molar-refractivity contribution in [3.8, 4) is 11.8 Å². The van der Waals surface area contributed by atoms with E-state index in [9.17, 15) is 29.5 Å². The van der Waals surface area contributed by atoms with Gasteiger partial charge in [-0.1, -0.05) is 18.2 Å². The Labute approximate surface area is 221 Å². The third kappa shape index (κ3) is 5.42. The normalized spacial score (nSPS) is 12.5. The fourth-order valence-electron chi connectivity index (χ4n) is 4.14. The Morgan fingerprint density at radius 3 is 2.63 bits per heavy atom. The van der Waals surface area contributed by atoms with Gasteiger partial charge in [0.2, 0.25) is 0 Å². The summed E-state index contributed by atoms with van der Waals surface area (Å²) in [6.07, 6.45) is 0. The summed E-state index contributed by atoms with van der Waals surface area (Å²) in [5.41, 5.74) is 1.02. The molecular weight excluding hydrogens is 510 g/mol. The van der Waals surface area contributed by atoms with Crippen LogP contribution >= 0.6 is 11.3 Å². The molecule has 2 amide bonds. The summed E-state index contributed by atoms with van der Waals surface area (Å²) in [5.74, 6) is -2.64. The predicted molar refractivity (Wildman–Crippen MR) is 136 cm³/mol. The SMILES string of the molecule is CC(C)(C)OC(=O)CNC(=O)c1c(O)c2c(n(Cc3ccccc3C#N)c1=O)CN(C(=O)c1cscn1)C2. The Morgan fingerprint density at radius 2 is 1.97 bits per heavy atom. The first-order chi connectivity index (χ1) is 18.0. The molecule has 12 heteroatoms. The van der Waals surface area contributed by atoms with E-state index in [2.05, 4.69) is 16.4 Å². The number of rotatable bonds is 6. The molecule has 4 rings (SSSR count). The van der Waals surface area contributed by atoms with Gasteiger partial charge in [0.05, 0.1) is 36.8 Å². The van der Waals surface area contributed by atoms with Crippen molar-refractivity contribution in [2.45, 2.75) is 46.0 Å². The van der Waals surface area contributed by atoms with E-state index in [4.69, 9.17) is 4.74 Å². The molecule has 0 saturated carbocycles. The highest BCUT2D eigenvalue weighted by molar-refractivity contribution is 7.07. The van der Waals surface area contributed by atoms with E-state index in [1.807, 2.05) is 0 Å². The molecular formula is C26H25N5O6S. The molecule has 1 aliphatic rings. The fourth-order valence-corrected chi connectivity index (χ4v) is 4.66. The van der Waals surface area contributed by atoms with Crippen LogP contribution in [-0.4, -0.2) is 49.5 Å². The lowest BCUT2D eigenvalue weighted by Gasteiger charge is -2.20. The van der Waals surface area contributed by atoms with Gasteiger partial charge in [-0.05, 0) is 32.4 Å². The first-order valence-electron chi connectivity index (χ1n) is 11.6. The molecule has 0 unspecified atom stereocenters. The monoisotopic (exact) mass is 535 g/mol. The minimum Gasteiger partial charge on any atom is -0.506 e. The van der Waals surface area contributed by atoms with E-state index >= 15 is 0 Å². The van der Waals surface area contributed by atoms with Crippen molar-refractivity contribution in [3.63, 3.8) is 0 Å². The lowest BCUT2D eigenvalue weighted by Crippen LogP contribution is -2.39. The van der Waals surface area contributed by atoms with E-state index < -0.39 is 46.8 Å². The number of aromatic nitrogens is 2. The first-order valence-corrected chi connectivity index (χ1v) is 12.6. The summed E-state index contributed by atoms with van der Waals surface area (Å²) < 4.78 is 6.46. The molecule has 3 aromatic rings. The summed E-state index contributed by atoms with van der Waals surface area (Å²) >= 11 is 1.26. The van der Waals surface area contributed by atoms with Crippen LogP contribution in [0.3, 0.4) is 0 Å². The van der Waals surface area contributed by atoms with Crippen molar-refractivity contribution in [3.05, 3.63) is 79.2 Å². The van der Waals surface area contributed by atoms with Gasteiger partial charge in [-0.2, -0.15) is 5.26 Å². The van der Waals surface area contributed by atoms with E-state index in [0.29, 0.717) is 16.8 Å². The number of ether oxygens (including phenoxy) is 1. The molecule has 0 bridgehead atoms. The first kappa shape index (κ1) is 26.6. The maximum atomic E-state index is 13.6. The smallest absolute Gasteiger partial charge is 0.325 e. The van der Waals surface area contributed by atoms with Crippen LogP contribution < -0.4 is 10.9 Å². The Balaban J connectivity index is 1.74. The van der Waals surface area contributed by atoms with Gasteiger partial charge in [-0.15, -0.1) is 11.3 Å². The minimum absolute atomic E-state index is 0.0109. The largest absolute Gasteiger partial charge is 0.506 e. The number of aromatic hydroxyl groups is 1. The average molecular weight is 536 g/mol. The van der Waals surface area contributed by atoms with Crippen LogP contribution in [0.25, 0.3) is 0 Å². The zero-order valence-corrected chi connectivity index (χ0v) is 21.8. The van der Waals surface area contributed by atoms with Crippen LogP contribution in [0.5, 0.6) is 5.75 Å². The summed E-state index contributed by atoms with van der Waals surface area (Å²) in [5, 5.41) is 24.5. The molecule has 1 aromatic carbocycles. The number of nitrogens with zero attached hydrogens (tertiary/aromatic N) is 4. The molecule has 2 N–H and O–H groups in total. The van der Waals surface area contributed by atoms with Crippen molar-refractivity contribution < 1.29 is 24.2 Å². The number of carbonyl (C=O) groups excluding carboxylic acids is 3. The Morgan fingerprint density at radius 1 is 1.24 bits per heavy atom. The lowest BCUT2D eigenvalue weighted by molar-refractivity contribution is -0.153. The van der Waals surface area contributed by atoms with Gasteiger partial charge in [0.15, 0.2) is 0 Å². The summed E-state index contributed by atoms with van der Waals surface area (Å²) in [6, 6.07) is 8.77. The number of hydrogen-bond acceptors (Lipinski definition) is 9. The Bertz CT molecular complexity index is 1510. The molecule has 0 radical (unpaired) electrons. The van der Waals surface area contributed by atoms with E-state index in [1.165, 1.54) is 26.3 Å². The summed E-state index contributed by atoms with van der Waals surface area (Å²) in [4.78, 5) is 57.2. The number of nitriles is 1. The van der Waals surface area contributed by atoms with Gasteiger partial charge >= 0.3 is 5.97 Å². The molecule has 0 saturated heterocycles. The van der Waals surface area contributed by atoms with Gasteiger partial charge in [-0.3, -0.25) is 19.2 Å². The second kappa shape index (κ2) is 10.5. The molecule has 2 aromatic heterocycles. The van der Waals surface area contributed by atoms with Gasteiger partial charge in [0.25, 0.3) is 17.4 Å². The molecule has 3 heterocycles. The summed E-state index contributed by atoms with van der Waals surface area (Å²) in [6.45, 7) is 4.36. The zero-order valence-electron chi connectivity index (χ0n) is 21.0. The van der Waals surface area contributed by atoms with Crippen molar-refractivity contribution in [1.29, 1.82) is 5.26 Å². The third-order valence-corrected chi connectivity index (χ3v) is 6.38. The molecule has 38 heavy (non-hydrogen) atoms. The van der Waals surface area contributed by atoms with Gasteiger partial charge < -0.3 is 24.6 Å². The predicted octanol–water partition coefficient (Wildman–Crippen LogP) is 2.16. The molecule has 0 fully saturated rings. The van der Waals surface area contributed by atoms with Crippen LogP contribution in [0.2, 0.25) is 0 Å². The zero-order chi connectivity index (χ0) is 27.6. The van der Waals surface area contributed by atoms with E-state index in [-0.39, 0.29) is 30.9 Å². The maximum Gasteiger partial charge on any atom is 0.325 e. The van der Waals surface area contributed by atoms with E-state index in [1.54, 1.807) is 50.4 Å². The maximum absolute atomic E-state index is 13.6. The molecule has 196 valence electrons. The number of pyridine rings is 1. The molecule has 1 aliphatic heterocycles. The van der Waals surface area contributed by atoms with Crippen LogP contribution in [0.4, 0.5) is 0 Å². The van der Waals surface area contributed by atoms with E-state index in [0.717, 1.165) is 0 Å². The van der Waals surface area contributed by atoms with Crippen LogP contribution in [0.15, 0.2) is 40.0 Å². The van der Waals surface area contributed by atoms with Gasteiger partial charge in [0, 0.05) is 16.6 Å². The number of esters is 1. The van der Waals surface area contributed by atoms with Crippen molar-refractivity contribution >= 4 is 29.1 Å². The topological polar surface area (TPSA) is 155 Å². The third-order valence-electron chi connectivity index (χ3n) is 5.79. The average Bonchev–Trinajstić information content (AvgIpc) is 3.55. The number of hydrogen-bond donors (Lipinski definition) is 2. The number of benzene rings is 1. The number of carbonyl (C=O) groups is 3. The van der Waals surface area contributed by atoms with Crippen LogP contribution in [0, 0.1) is 11.3 Å². The fraction of sp³-hybridized carbons (Fsp3) is 0.308. The minimum atomic E-state index is -0.965. The van der Waals surface area contributed by atoms with Gasteiger partial charge in [0.1, 0.15) is 29.2 Å². The number of nitrogens with one attached hydrogen (secondary N) is 1. The highest BCUT2D eigenvalue weighted by Crippen LogP contribution is 2.33. The van der Waals surface area contributed by atoms with Crippen LogP contribution in [-0.2, 0) is 29.2 Å². The van der Waals surface area contributed by atoms with Crippen molar-refractivity contribution in [2.24, 2.45) is 0 Å². The Kier molecular flexibility index (Phi) is 7.32. The van der Waals surface area contributed by atoms with Crippen LogP contribution in [0.1, 0.15) is 64.0 Å². The highest BCUT2D eigenvalue weighted by Gasteiger charge is 2.34. The lowest BCUT2D eigenvalue weighted by atomic mass is 10.1. The second-order valence-corrected chi connectivity index (χ2v) is 10.3. The van der Waals surface area contributed by atoms with Crippen molar-refractivity contribution in [1.82, 2.24) is 19.8 Å².